The molecule has 0 saturated carbocycles. The number of anilines is 1. The molecule has 2 heterocycles. The molecule has 0 fully saturated rings. The number of benzene rings is 1. The van der Waals surface area contributed by atoms with Gasteiger partial charge < -0.3 is 15.8 Å². The van der Waals surface area contributed by atoms with Crippen molar-refractivity contribution in [2.75, 3.05) is 5.32 Å². The zero-order valence-corrected chi connectivity index (χ0v) is 18.2. The highest BCUT2D eigenvalue weighted by Gasteiger charge is 2.27. The summed E-state index contributed by atoms with van der Waals surface area (Å²) in [5.74, 6) is -1.70. The van der Waals surface area contributed by atoms with Gasteiger partial charge >= 0.3 is 5.97 Å². The number of nitrogens with zero attached hydrogens (tertiary/aromatic N) is 1. The Hall–Kier alpha value is -3.26. The molecule has 1 unspecified atom stereocenters. The number of nitrogens with one attached hydrogen (secondary N) is 1. The van der Waals surface area contributed by atoms with Gasteiger partial charge in [0.2, 0.25) is 0 Å². The molecule has 8 heteroatoms. The molecular weight excluding hydrogens is 414 g/mol. The van der Waals surface area contributed by atoms with Gasteiger partial charge in [-0.1, -0.05) is 11.6 Å². The summed E-state index contributed by atoms with van der Waals surface area (Å²) in [6.07, 6.45) is 2.55. The summed E-state index contributed by atoms with van der Waals surface area (Å²) in [5, 5.41) is 5.36. The lowest BCUT2D eigenvalue weighted by Crippen LogP contribution is -2.31. The highest BCUT2D eigenvalue weighted by molar-refractivity contribution is 7.14. The van der Waals surface area contributed by atoms with Gasteiger partial charge in [0.25, 0.3) is 11.8 Å². The van der Waals surface area contributed by atoms with Crippen molar-refractivity contribution >= 4 is 45.0 Å². The Morgan fingerprint density at radius 3 is 2.74 bits per heavy atom. The average Bonchev–Trinajstić information content (AvgIpc) is 3.20. The molecule has 1 aromatic carbocycles. The number of aryl methyl sites for hydroxylation is 2. The van der Waals surface area contributed by atoms with Gasteiger partial charge in [0.1, 0.15) is 5.00 Å². The molecule has 31 heavy (non-hydrogen) atoms. The summed E-state index contributed by atoms with van der Waals surface area (Å²) in [6, 6.07) is 7.35. The number of thiophene rings is 1. The molecule has 3 N–H and O–H groups in total. The molecule has 2 aromatic heterocycles. The predicted molar refractivity (Wildman–Crippen MR) is 119 cm³/mol. The van der Waals surface area contributed by atoms with E-state index in [-0.39, 0.29) is 5.56 Å². The van der Waals surface area contributed by atoms with Crippen molar-refractivity contribution in [3.05, 3.63) is 57.6 Å². The van der Waals surface area contributed by atoms with Gasteiger partial charge in [0.15, 0.2) is 6.10 Å². The Balaban J connectivity index is 1.62. The summed E-state index contributed by atoms with van der Waals surface area (Å²) < 4.78 is 5.57. The van der Waals surface area contributed by atoms with E-state index < -0.39 is 23.9 Å². The zero-order chi connectivity index (χ0) is 22.1. The number of ether oxygens (including phenoxy) is 1. The van der Waals surface area contributed by atoms with E-state index in [4.69, 9.17) is 15.5 Å². The molecule has 3 aromatic rings. The van der Waals surface area contributed by atoms with Crippen molar-refractivity contribution < 1.29 is 19.1 Å². The van der Waals surface area contributed by atoms with Crippen LogP contribution in [-0.4, -0.2) is 28.9 Å². The van der Waals surface area contributed by atoms with Crippen LogP contribution in [0.3, 0.4) is 0 Å². The first-order valence-electron chi connectivity index (χ1n) is 10.2. The molecular formula is C23H23N3O4S. The summed E-state index contributed by atoms with van der Waals surface area (Å²) in [4.78, 5) is 42.1. The number of carbonyl (C=O) groups excluding carboxylic acids is 3. The van der Waals surface area contributed by atoms with Crippen LogP contribution in [0.25, 0.3) is 10.9 Å². The van der Waals surface area contributed by atoms with Gasteiger partial charge in [-0.3, -0.25) is 14.6 Å². The van der Waals surface area contributed by atoms with E-state index in [9.17, 15) is 14.4 Å². The van der Waals surface area contributed by atoms with Crippen LogP contribution in [-0.2, 0) is 22.4 Å². The van der Waals surface area contributed by atoms with Gasteiger partial charge in [-0.25, -0.2) is 4.79 Å². The second-order valence-electron chi connectivity index (χ2n) is 7.70. The van der Waals surface area contributed by atoms with Crippen molar-refractivity contribution in [1.29, 1.82) is 0 Å². The van der Waals surface area contributed by atoms with E-state index in [0.29, 0.717) is 10.6 Å². The number of pyridine rings is 1. The van der Waals surface area contributed by atoms with Crippen LogP contribution in [0.1, 0.15) is 57.3 Å². The van der Waals surface area contributed by atoms with E-state index in [1.807, 2.05) is 25.1 Å². The minimum Gasteiger partial charge on any atom is -0.449 e. The van der Waals surface area contributed by atoms with Crippen LogP contribution < -0.4 is 11.1 Å². The topological polar surface area (TPSA) is 111 Å². The molecule has 2 amide bonds. The summed E-state index contributed by atoms with van der Waals surface area (Å²) in [5.41, 5.74) is 9.65. The first kappa shape index (κ1) is 21.0. The second kappa shape index (κ2) is 8.47. The second-order valence-corrected chi connectivity index (χ2v) is 8.62. The number of nitrogens with two attached hydrogens (primary N) is 1. The number of esters is 1. The average molecular weight is 438 g/mol. The third-order valence-electron chi connectivity index (χ3n) is 5.44. The molecule has 4 rings (SSSR count). The quantitative estimate of drug-likeness (QED) is 0.590. The fraction of sp³-hybridized carbons (Fsp3) is 0.304. The molecule has 0 bridgehead atoms. The Morgan fingerprint density at radius 1 is 1.19 bits per heavy atom. The Morgan fingerprint density at radius 2 is 1.97 bits per heavy atom. The fourth-order valence-electron chi connectivity index (χ4n) is 3.86. The molecule has 0 radical (unpaired) electrons. The zero-order valence-electron chi connectivity index (χ0n) is 17.4. The molecule has 1 aliphatic carbocycles. The van der Waals surface area contributed by atoms with Crippen molar-refractivity contribution in [2.45, 2.75) is 45.6 Å². The first-order chi connectivity index (χ1) is 14.8. The minimum atomic E-state index is -1.05. The summed E-state index contributed by atoms with van der Waals surface area (Å²) in [6.45, 7) is 3.47. The third kappa shape index (κ3) is 4.16. The fourth-order valence-corrected chi connectivity index (χ4v) is 4.65. The van der Waals surface area contributed by atoms with Crippen LogP contribution in [0.15, 0.2) is 29.6 Å². The molecule has 160 valence electrons. The Bertz CT molecular complexity index is 1200. The van der Waals surface area contributed by atoms with Crippen molar-refractivity contribution in [2.24, 2.45) is 5.73 Å². The van der Waals surface area contributed by atoms with E-state index in [1.165, 1.54) is 24.3 Å². The number of hydrogen-bond acceptors (Lipinski definition) is 6. The largest absolute Gasteiger partial charge is 0.449 e. The van der Waals surface area contributed by atoms with Gasteiger partial charge in [-0.2, -0.15) is 0 Å². The number of fused-ring (bicyclic) bond motifs is 2. The van der Waals surface area contributed by atoms with Crippen LogP contribution in [0.5, 0.6) is 0 Å². The first-order valence-corrected chi connectivity index (χ1v) is 11.0. The van der Waals surface area contributed by atoms with Gasteiger partial charge in [0.05, 0.1) is 16.6 Å². The maximum Gasteiger partial charge on any atom is 0.339 e. The lowest BCUT2D eigenvalue weighted by Gasteiger charge is -2.21. The van der Waals surface area contributed by atoms with E-state index in [1.54, 1.807) is 5.38 Å². The molecule has 1 aliphatic rings. The van der Waals surface area contributed by atoms with E-state index >= 15 is 0 Å². The van der Waals surface area contributed by atoms with Crippen LogP contribution in [0.4, 0.5) is 5.00 Å². The Labute approximate surface area is 183 Å². The lowest BCUT2D eigenvalue weighted by molar-refractivity contribution is -0.123. The van der Waals surface area contributed by atoms with Crippen LogP contribution in [0.2, 0.25) is 0 Å². The minimum absolute atomic E-state index is 0.224. The van der Waals surface area contributed by atoms with Crippen LogP contribution >= 0.6 is 11.3 Å². The standard InChI is InChI=1S/C23H23N3O4S/c1-12-7-8-18-16(11-12)19(14-5-3-4-6-17(14)25-18)23(29)30-13(2)21(28)26-22-15(20(24)27)9-10-31-22/h7-11,13H,3-6H2,1-2H3,(H2,24,27)(H,26,28). The molecule has 1 atom stereocenters. The van der Waals surface area contributed by atoms with Gasteiger partial charge in [-0.15, -0.1) is 11.3 Å². The number of primary amides is 1. The van der Waals surface area contributed by atoms with Gasteiger partial charge in [0, 0.05) is 11.1 Å². The van der Waals surface area contributed by atoms with Crippen LogP contribution in [0, 0.1) is 6.92 Å². The van der Waals surface area contributed by atoms with E-state index in [0.717, 1.165) is 53.4 Å². The Kier molecular flexibility index (Phi) is 5.73. The molecule has 0 aliphatic heterocycles. The normalized spacial score (nSPS) is 14.0. The van der Waals surface area contributed by atoms with E-state index in [2.05, 4.69) is 5.32 Å². The molecule has 0 saturated heterocycles. The van der Waals surface area contributed by atoms with Gasteiger partial charge in [-0.05, 0) is 68.7 Å². The predicted octanol–water partition coefficient (Wildman–Crippen LogP) is 3.77. The SMILES string of the molecule is Cc1ccc2nc3c(c(C(=O)OC(C)C(=O)Nc4sccc4C(N)=O)c2c1)CCCC3. The molecule has 0 spiro atoms. The number of aromatic nitrogens is 1. The maximum absolute atomic E-state index is 13.2. The highest BCUT2D eigenvalue weighted by atomic mass is 32.1. The van der Waals surface area contributed by atoms with Crippen molar-refractivity contribution in [3.63, 3.8) is 0 Å². The highest BCUT2D eigenvalue weighted by Crippen LogP contribution is 2.31. The van der Waals surface area contributed by atoms with Crippen molar-refractivity contribution in [1.82, 2.24) is 4.98 Å². The molecule has 7 nitrogen and oxygen atoms in total. The number of rotatable bonds is 5. The number of hydrogen-bond donors (Lipinski definition) is 2. The van der Waals surface area contributed by atoms with Crippen molar-refractivity contribution in [3.8, 4) is 0 Å². The third-order valence-corrected chi connectivity index (χ3v) is 6.27. The summed E-state index contributed by atoms with van der Waals surface area (Å²) in [7, 11) is 0. The lowest BCUT2D eigenvalue weighted by atomic mass is 9.89. The smallest absolute Gasteiger partial charge is 0.339 e. The number of carbonyl (C=O) groups is 3. The maximum atomic E-state index is 13.2. The monoisotopic (exact) mass is 437 g/mol. The summed E-state index contributed by atoms with van der Waals surface area (Å²) >= 11 is 1.18. The number of amides is 2.